The Morgan fingerprint density at radius 2 is 1.69 bits per heavy atom. The van der Waals surface area contributed by atoms with Crippen molar-refractivity contribution in [2.24, 2.45) is 0 Å². The molecule has 7 nitrogen and oxygen atoms in total. The first-order valence-corrected chi connectivity index (χ1v) is 10.8. The van der Waals surface area contributed by atoms with Crippen molar-refractivity contribution in [2.45, 2.75) is 25.8 Å². The average molecular weight is 410 g/mol. The quantitative estimate of drug-likeness (QED) is 0.716. The Hall–Kier alpha value is -2.58. The highest BCUT2D eigenvalue weighted by molar-refractivity contribution is 7.11. The lowest BCUT2D eigenvalue weighted by atomic mass is 10.1. The van der Waals surface area contributed by atoms with E-state index >= 15 is 0 Å². The lowest BCUT2D eigenvalue weighted by Crippen LogP contribution is -2.51. The summed E-state index contributed by atoms with van der Waals surface area (Å²) in [6, 6.07) is 6.72. The van der Waals surface area contributed by atoms with E-state index in [0.29, 0.717) is 24.2 Å². The minimum Gasteiger partial charge on any atom is -0.339 e. The number of carbonyl (C=O) groups is 3. The molecule has 1 fully saturated rings. The predicted octanol–water partition coefficient (Wildman–Crippen LogP) is 1.57. The van der Waals surface area contributed by atoms with Gasteiger partial charge in [-0.3, -0.25) is 24.2 Å². The van der Waals surface area contributed by atoms with Gasteiger partial charge in [-0.15, -0.1) is 11.3 Å². The molecule has 0 unspecified atom stereocenters. The standard InChI is InChI=1S/C21H22N4O3S/c26-19(13-25-20(27)14-4-1-2-5-15(14)21(25)28)24-10-8-23(9-11-24)12-18-22-16-6-3-7-17(16)29-18/h1-2,4-5H,3,6-13H2. The van der Waals surface area contributed by atoms with E-state index < -0.39 is 0 Å². The topological polar surface area (TPSA) is 73.8 Å². The van der Waals surface area contributed by atoms with Crippen molar-refractivity contribution in [3.8, 4) is 0 Å². The summed E-state index contributed by atoms with van der Waals surface area (Å²) in [6.45, 7) is 3.40. The van der Waals surface area contributed by atoms with E-state index in [1.807, 2.05) is 11.3 Å². The van der Waals surface area contributed by atoms with Gasteiger partial charge in [-0.1, -0.05) is 12.1 Å². The van der Waals surface area contributed by atoms with Crippen LogP contribution in [-0.4, -0.2) is 70.1 Å². The smallest absolute Gasteiger partial charge is 0.262 e. The molecule has 8 heteroatoms. The summed E-state index contributed by atoms with van der Waals surface area (Å²) in [5.41, 5.74) is 2.04. The summed E-state index contributed by atoms with van der Waals surface area (Å²) in [4.78, 5) is 49.0. The van der Waals surface area contributed by atoms with Crippen LogP contribution in [0.4, 0.5) is 0 Å². The van der Waals surface area contributed by atoms with Crippen molar-refractivity contribution < 1.29 is 14.4 Å². The molecule has 3 heterocycles. The number of benzene rings is 1. The first-order valence-electron chi connectivity index (χ1n) is 10.0. The Morgan fingerprint density at radius 1 is 1.00 bits per heavy atom. The summed E-state index contributed by atoms with van der Waals surface area (Å²) < 4.78 is 0. The minimum absolute atomic E-state index is 0.174. The second kappa shape index (κ2) is 7.35. The molecule has 1 aliphatic carbocycles. The zero-order valence-corrected chi connectivity index (χ0v) is 16.9. The van der Waals surface area contributed by atoms with E-state index in [0.717, 1.165) is 37.4 Å². The molecule has 0 saturated carbocycles. The maximum Gasteiger partial charge on any atom is 0.262 e. The monoisotopic (exact) mass is 410 g/mol. The van der Waals surface area contributed by atoms with Crippen LogP contribution in [0.3, 0.4) is 0 Å². The molecule has 0 spiro atoms. The molecule has 1 aromatic carbocycles. The molecule has 1 saturated heterocycles. The molecular formula is C21H22N4O3S. The highest BCUT2D eigenvalue weighted by atomic mass is 32.1. The molecule has 0 N–H and O–H groups in total. The predicted molar refractivity (Wildman–Crippen MR) is 108 cm³/mol. The summed E-state index contributed by atoms with van der Waals surface area (Å²) in [5.74, 6) is -0.934. The number of imide groups is 1. The zero-order chi connectivity index (χ0) is 20.0. The molecule has 150 valence electrons. The largest absolute Gasteiger partial charge is 0.339 e. The normalized spacial score (nSPS) is 19.0. The number of fused-ring (bicyclic) bond motifs is 2. The third kappa shape index (κ3) is 3.36. The highest BCUT2D eigenvalue weighted by Crippen LogP contribution is 2.28. The highest BCUT2D eigenvalue weighted by Gasteiger charge is 2.37. The van der Waals surface area contributed by atoms with E-state index in [9.17, 15) is 14.4 Å². The second-order valence-electron chi connectivity index (χ2n) is 7.73. The van der Waals surface area contributed by atoms with Gasteiger partial charge >= 0.3 is 0 Å². The van der Waals surface area contributed by atoms with E-state index in [4.69, 9.17) is 4.98 Å². The fraction of sp³-hybridized carbons (Fsp3) is 0.429. The Labute approximate surface area is 172 Å². The molecule has 1 aromatic heterocycles. The fourth-order valence-electron chi connectivity index (χ4n) is 4.28. The van der Waals surface area contributed by atoms with Crippen LogP contribution in [0.25, 0.3) is 0 Å². The molecule has 3 amide bonds. The van der Waals surface area contributed by atoms with Crippen molar-refractivity contribution in [2.75, 3.05) is 32.7 Å². The number of aromatic nitrogens is 1. The van der Waals surface area contributed by atoms with Gasteiger partial charge in [0.15, 0.2) is 0 Å². The fourth-order valence-corrected chi connectivity index (χ4v) is 5.48. The first-order chi connectivity index (χ1) is 14.1. The summed E-state index contributed by atoms with van der Waals surface area (Å²) in [5, 5.41) is 1.17. The van der Waals surface area contributed by atoms with Gasteiger partial charge in [0.05, 0.1) is 23.4 Å². The molecule has 2 aliphatic heterocycles. The molecule has 0 bridgehead atoms. The van der Waals surface area contributed by atoms with Gasteiger partial charge in [0.25, 0.3) is 11.8 Å². The molecule has 3 aliphatic rings. The number of amides is 3. The number of aryl methyl sites for hydroxylation is 2. The molecule has 5 rings (SSSR count). The SMILES string of the molecule is O=C(CN1C(=O)c2ccccc2C1=O)N1CCN(Cc2nc3c(s2)CCC3)CC1. The molecule has 29 heavy (non-hydrogen) atoms. The number of hydrogen-bond acceptors (Lipinski definition) is 6. The lowest BCUT2D eigenvalue weighted by molar-refractivity contribution is -0.133. The third-order valence-corrected chi connectivity index (χ3v) is 7.04. The number of carbonyl (C=O) groups excluding carboxylic acids is 3. The number of hydrogen-bond donors (Lipinski definition) is 0. The van der Waals surface area contributed by atoms with Gasteiger partial charge in [0.2, 0.25) is 5.91 Å². The van der Waals surface area contributed by atoms with Crippen molar-refractivity contribution in [3.05, 3.63) is 51.0 Å². The van der Waals surface area contributed by atoms with Crippen molar-refractivity contribution in [1.29, 1.82) is 0 Å². The number of thiazole rings is 1. The van der Waals surface area contributed by atoms with E-state index in [1.54, 1.807) is 29.2 Å². The average Bonchev–Trinajstić information content (AvgIpc) is 3.38. The minimum atomic E-state index is -0.380. The van der Waals surface area contributed by atoms with Crippen LogP contribution in [0.1, 0.15) is 42.7 Å². The van der Waals surface area contributed by atoms with Gasteiger partial charge in [-0.05, 0) is 31.4 Å². The number of piperazine rings is 1. The molecular weight excluding hydrogens is 388 g/mol. The molecule has 0 atom stereocenters. The van der Waals surface area contributed by atoms with Crippen LogP contribution in [0.5, 0.6) is 0 Å². The van der Waals surface area contributed by atoms with Crippen LogP contribution in [0.15, 0.2) is 24.3 Å². The second-order valence-corrected chi connectivity index (χ2v) is 8.90. The van der Waals surface area contributed by atoms with Crippen LogP contribution in [0, 0.1) is 0 Å². The Balaban J connectivity index is 1.16. The number of nitrogens with zero attached hydrogens (tertiary/aromatic N) is 4. The van der Waals surface area contributed by atoms with E-state index in [1.165, 1.54) is 22.0 Å². The first kappa shape index (κ1) is 18.4. The van der Waals surface area contributed by atoms with Gasteiger partial charge < -0.3 is 4.90 Å². The Bertz CT molecular complexity index is 937. The van der Waals surface area contributed by atoms with E-state index in [2.05, 4.69) is 4.90 Å². The summed E-state index contributed by atoms with van der Waals surface area (Å²) in [7, 11) is 0. The van der Waals surface area contributed by atoms with Crippen molar-refractivity contribution in [1.82, 2.24) is 19.7 Å². The van der Waals surface area contributed by atoms with E-state index in [-0.39, 0.29) is 24.3 Å². The van der Waals surface area contributed by atoms with Gasteiger partial charge in [0, 0.05) is 31.1 Å². The zero-order valence-electron chi connectivity index (χ0n) is 16.1. The van der Waals surface area contributed by atoms with Crippen molar-refractivity contribution in [3.63, 3.8) is 0 Å². The lowest BCUT2D eigenvalue weighted by Gasteiger charge is -2.34. The third-order valence-electron chi connectivity index (χ3n) is 5.90. The van der Waals surface area contributed by atoms with Crippen LogP contribution in [0.2, 0.25) is 0 Å². The Morgan fingerprint density at radius 3 is 2.34 bits per heavy atom. The summed E-state index contributed by atoms with van der Waals surface area (Å²) >= 11 is 1.82. The van der Waals surface area contributed by atoms with Crippen LogP contribution in [-0.2, 0) is 24.2 Å². The number of rotatable bonds is 4. The van der Waals surface area contributed by atoms with Gasteiger partial charge in [-0.2, -0.15) is 0 Å². The molecule has 2 aromatic rings. The van der Waals surface area contributed by atoms with Crippen LogP contribution < -0.4 is 0 Å². The molecule has 0 radical (unpaired) electrons. The maximum atomic E-state index is 12.7. The Kier molecular flexibility index (Phi) is 4.67. The summed E-state index contributed by atoms with van der Waals surface area (Å²) in [6.07, 6.45) is 3.49. The van der Waals surface area contributed by atoms with Gasteiger partial charge in [0.1, 0.15) is 11.6 Å². The maximum absolute atomic E-state index is 12.7. The van der Waals surface area contributed by atoms with Gasteiger partial charge in [-0.25, -0.2) is 4.98 Å². The van der Waals surface area contributed by atoms with Crippen LogP contribution >= 0.6 is 11.3 Å². The van der Waals surface area contributed by atoms with Crippen molar-refractivity contribution >= 4 is 29.1 Å².